The van der Waals surface area contributed by atoms with Gasteiger partial charge in [0.05, 0.1) is 0 Å². The molecule has 1 aliphatic heterocycles. The minimum Gasteiger partial charge on any atom is -0.373 e. The van der Waals surface area contributed by atoms with Crippen molar-refractivity contribution in [3.05, 3.63) is 53.1 Å². The van der Waals surface area contributed by atoms with Crippen molar-refractivity contribution >= 4 is 17.4 Å². The molecule has 4 rings (SSSR count). The van der Waals surface area contributed by atoms with E-state index in [1.807, 2.05) is 36.2 Å². The Balaban J connectivity index is 1.52. The summed E-state index contributed by atoms with van der Waals surface area (Å²) in [6, 6.07) is 6.42. The Bertz CT molecular complexity index is 1070. The topological polar surface area (TPSA) is 93.4 Å². The van der Waals surface area contributed by atoms with Crippen molar-refractivity contribution in [2.75, 3.05) is 43.4 Å². The number of likely N-dealkylation sites (tertiary alicyclic amines) is 1. The number of amides is 1. The molecule has 3 heterocycles. The van der Waals surface area contributed by atoms with Crippen molar-refractivity contribution in [1.29, 1.82) is 0 Å². The maximum atomic E-state index is 13.0. The predicted octanol–water partition coefficient (Wildman–Crippen LogP) is 2.85. The van der Waals surface area contributed by atoms with Crippen LogP contribution in [0, 0.1) is 5.92 Å². The molecule has 1 saturated heterocycles. The van der Waals surface area contributed by atoms with Crippen molar-refractivity contribution in [2.45, 2.75) is 45.2 Å². The quantitative estimate of drug-likeness (QED) is 0.468. The first-order valence-electron chi connectivity index (χ1n) is 12.3. The monoisotopic (exact) mass is 464 g/mol. The summed E-state index contributed by atoms with van der Waals surface area (Å²) in [6.07, 6.45) is 10.3. The molecule has 1 saturated carbocycles. The zero-order valence-corrected chi connectivity index (χ0v) is 20.4. The molecule has 1 aliphatic carbocycles. The van der Waals surface area contributed by atoms with Gasteiger partial charge in [-0.1, -0.05) is 19.9 Å². The number of anilines is 2. The molecule has 0 spiro atoms. The van der Waals surface area contributed by atoms with Gasteiger partial charge < -0.3 is 25.4 Å². The number of hydrogen-bond acceptors (Lipinski definition) is 6. The molecule has 34 heavy (non-hydrogen) atoms. The molecule has 0 bridgehead atoms. The van der Waals surface area contributed by atoms with E-state index in [1.165, 1.54) is 12.8 Å². The van der Waals surface area contributed by atoms with Gasteiger partial charge in [-0.2, -0.15) is 0 Å². The number of carbonyl (C=O) groups is 1. The van der Waals surface area contributed by atoms with Crippen LogP contribution in [0.15, 0.2) is 47.5 Å². The molecule has 2 aromatic rings. The van der Waals surface area contributed by atoms with Gasteiger partial charge in [0.1, 0.15) is 11.5 Å². The van der Waals surface area contributed by atoms with Crippen molar-refractivity contribution in [2.24, 2.45) is 5.92 Å². The molecule has 1 atom stereocenters. The standard InChI is InChI=1S/C26H36N6O2/c1-18(2)28-10-4-5-25(33)31-12-9-22(17-31)32(16-19-6-7-19)23-13-21(15-30-26(23)34)20-8-11-29-24(14-20)27-3/h4-5,8,11,13-15,18-19,22,28H,6-7,9-10,12,16-17H2,1-3H3,(H,27,29)(H,30,34)/b5-4+/t22-/m0/s1. The highest BCUT2D eigenvalue weighted by Crippen LogP contribution is 2.34. The fraction of sp³-hybridized carbons (Fsp3) is 0.500. The second kappa shape index (κ2) is 10.9. The van der Waals surface area contributed by atoms with Crippen LogP contribution in [0.5, 0.6) is 0 Å². The van der Waals surface area contributed by atoms with Crippen molar-refractivity contribution in [3.63, 3.8) is 0 Å². The second-order valence-electron chi connectivity index (χ2n) is 9.57. The van der Waals surface area contributed by atoms with Crippen molar-refractivity contribution < 1.29 is 4.79 Å². The Hall–Kier alpha value is -3.13. The molecular formula is C26H36N6O2. The highest BCUT2D eigenvalue weighted by molar-refractivity contribution is 5.88. The first-order valence-corrected chi connectivity index (χ1v) is 12.3. The first-order chi connectivity index (χ1) is 16.4. The van der Waals surface area contributed by atoms with Crippen molar-refractivity contribution in [3.8, 4) is 11.1 Å². The highest BCUT2D eigenvalue weighted by atomic mass is 16.2. The minimum absolute atomic E-state index is 0.0402. The Morgan fingerprint density at radius 1 is 1.29 bits per heavy atom. The van der Waals surface area contributed by atoms with E-state index >= 15 is 0 Å². The number of carbonyl (C=O) groups excluding carboxylic acids is 1. The van der Waals surface area contributed by atoms with Crippen LogP contribution in [0.3, 0.4) is 0 Å². The van der Waals surface area contributed by atoms with Crippen LogP contribution in [0.1, 0.15) is 33.1 Å². The van der Waals surface area contributed by atoms with E-state index in [0.29, 0.717) is 37.3 Å². The number of nitrogens with zero attached hydrogens (tertiary/aromatic N) is 3. The molecule has 2 aliphatic rings. The fourth-order valence-corrected chi connectivity index (χ4v) is 4.39. The van der Waals surface area contributed by atoms with E-state index in [-0.39, 0.29) is 17.5 Å². The number of H-pyrrole nitrogens is 1. The molecule has 182 valence electrons. The highest BCUT2D eigenvalue weighted by Gasteiger charge is 2.34. The number of pyridine rings is 2. The van der Waals surface area contributed by atoms with E-state index in [9.17, 15) is 9.59 Å². The normalized spacial score (nSPS) is 18.1. The summed E-state index contributed by atoms with van der Waals surface area (Å²) >= 11 is 0. The van der Waals surface area contributed by atoms with E-state index in [2.05, 4.69) is 39.3 Å². The summed E-state index contributed by atoms with van der Waals surface area (Å²) < 4.78 is 0. The average molecular weight is 465 g/mol. The molecule has 8 heteroatoms. The summed E-state index contributed by atoms with van der Waals surface area (Å²) in [7, 11) is 1.84. The van der Waals surface area contributed by atoms with Crippen LogP contribution in [0.2, 0.25) is 0 Å². The lowest BCUT2D eigenvalue weighted by atomic mass is 10.1. The lowest BCUT2D eigenvalue weighted by Crippen LogP contribution is -2.42. The number of nitrogens with one attached hydrogen (secondary N) is 3. The number of hydrogen-bond donors (Lipinski definition) is 3. The van der Waals surface area contributed by atoms with Crippen LogP contribution in [-0.2, 0) is 4.79 Å². The Kier molecular flexibility index (Phi) is 7.67. The number of aromatic amines is 1. The number of rotatable bonds is 10. The molecule has 0 radical (unpaired) electrons. The summed E-state index contributed by atoms with van der Waals surface area (Å²) in [6.45, 7) is 7.04. The smallest absolute Gasteiger partial charge is 0.271 e. The summed E-state index contributed by atoms with van der Waals surface area (Å²) in [5.41, 5.74) is 2.53. The van der Waals surface area contributed by atoms with Gasteiger partial charge in [-0.05, 0) is 48.9 Å². The maximum Gasteiger partial charge on any atom is 0.271 e. The fourth-order valence-electron chi connectivity index (χ4n) is 4.39. The van der Waals surface area contributed by atoms with Gasteiger partial charge in [-0.15, -0.1) is 0 Å². The maximum absolute atomic E-state index is 13.0. The van der Waals surface area contributed by atoms with E-state index < -0.39 is 0 Å². The Labute approximate surface area is 201 Å². The lowest BCUT2D eigenvalue weighted by Gasteiger charge is -2.31. The zero-order chi connectivity index (χ0) is 24.1. The van der Waals surface area contributed by atoms with Crippen LogP contribution in [-0.4, -0.2) is 66.1 Å². The van der Waals surface area contributed by atoms with E-state index in [0.717, 1.165) is 29.9 Å². The lowest BCUT2D eigenvalue weighted by molar-refractivity contribution is -0.125. The molecule has 3 N–H and O–H groups in total. The minimum atomic E-state index is -0.0864. The van der Waals surface area contributed by atoms with Gasteiger partial charge in [0, 0.05) is 69.3 Å². The Morgan fingerprint density at radius 3 is 2.85 bits per heavy atom. The van der Waals surface area contributed by atoms with Gasteiger partial charge in [0.15, 0.2) is 0 Å². The molecule has 0 aromatic carbocycles. The van der Waals surface area contributed by atoms with E-state index in [1.54, 1.807) is 18.5 Å². The van der Waals surface area contributed by atoms with Crippen LogP contribution < -0.4 is 21.1 Å². The molecule has 2 aromatic heterocycles. The second-order valence-corrected chi connectivity index (χ2v) is 9.57. The average Bonchev–Trinajstić information content (AvgIpc) is 3.53. The van der Waals surface area contributed by atoms with Gasteiger partial charge in [0.2, 0.25) is 5.91 Å². The molecule has 1 amide bonds. The third-order valence-electron chi connectivity index (χ3n) is 6.51. The predicted molar refractivity (Wildman–Crippen MR) is 137 cm³/mol. The molecule has 8 nitrogen and oxygen atoms in total. The number of aromatic nitrogens is 2. The van der Waals surface area contributed by atoms with Crippen LogP contribution in [0.4, 0.5) is 11.5 Å². The summed E-state index contributed by atoms with van der Waals surface area (Å²) in [4.78, 5) is 37.0. The molecule has 0 unspecified atom stereocenters. The molecule has 2 fully saturated rings. The SMILES string of the molecule is CNc1cc(-c2c[nH]c(=O)c(N(CC3CC3)[C@H]3CCN(C(=O)/C=C/CNC(C)C)C3)c2)ccn1. The van der Waals surface area contributed by atoms with E-state index in [4.69, 9.17) is 0 Å². The van der Waals surface area contributed by atoms with Gasteiger partial charge >= 0.3 is 0 Å². The third-order valence-corrected chi connectivity index (χ3v) is 6.51. The van der Waals surface area contributed by atoms with Gasteiger partial charge in [0.25, 0.3) is 5.56 Å². The third kappa shape index (κ3) is 6.05. The zero-order valence-electron chi connectivity index (χ0n) is 20.4. The van der Waals surface area contributed by atoms with Gasteiger partial charge in [-0.3, -0.25) is 9.59 Å². The van der Waals surface area contributed by atoms with Crippen LogP contribution in [0.25, 0.3) is 11.1 Å². The first kappa shape index (κ1) is 24.0. The van der Waals surface area contributed by atoms with Crippen LogP contribution >= 0.6 is 0 Å². The Morgan fingerprint density at radius 2 is 2.12 bits per heavy atom. The largest absolute Gasteiger partial charge is 0.373 e. The van der Waals surface area contributed by atoms with Gasteiger partial charge in [-0.25, -0.2) is 4.98 Å². The summed E-state index contributed by atoms with van der Waals surface area (Å²) in [5, 5.41) is 6.35. The molecular weight excluding hydrogens is 428 g/mol. The summed E-state index contributed by atoms with van der Waals surface area (Å²) in [5.74, 6) is 1.44. The van der Waals surface area contributed by atoms with Crippen molar-refractivity contribution in [1.82, 2.24) is 20.2 Å².